The number of carbonyl (C=O) groups is 1. The zero-order valence-electron chi connectivity index (χ0n) is 16.1. The summed E-state index contributed by atoms with van der Waals surface area (Å²) in [4.78, 5) is 20.7. The van der Waals surface area contributed by atoms with E-state index in [4.69, 9.17) is 14.2 Å². The molecule has 148 valence electrons. The van der Waals surface area contributed by atoms with Crippen LogP contribution >= 0.6 is 0 Å². The van der Waals surface area contributed by atoms with Gasteiger partial charge in [0.1, 0.15) is 19.0 Å². The molecule has 0 unspecified atom stereocenters. The Hall–Kier alpha value is -3.81. The molecule has 2 heterocycles. The van der Waals surface area contributed by atoms with Crippen molar-refractivity contribution in [1.82, 2.24) is 9.97 Å². The number of aromatic nitrogens is 2. The van der Waals surface area contributed by atoms with Crippen LogP contribution in [0.3, 0.4) is 0 Å². The summed E-state index contributed by atoms with van der Waals surface area (Å²) in [6.45, 7) is 2.95. The fraction of sp³-hybridized carbons (Fsp3) is 0.190. The van der Waals surface area contributed by atoms with E-state index in [0.29, 0.717) is 36.3 Å². The second-order valence-corrected chi connectivity index (χ2v) is 6.40. The van der Waals surface area contributed by atoms with Crippen LogP contribution in [0.5, 0.6) is 11.5 Å². The number of esters is 1. The number of methoxy groups -OCH3 is 1. The van der Waals surface area contributed by atoms with E-state index in [1.807, 2.05) is 37.3 Å². The van der Waals surface area contributed by atoms with Gasteiger partial charge in [0, 0.05) is 29.2 Å². The van der Waals surface area contributed by atoms with Gasteiger partial charge in [0.25, 0.3) is 0 Å². The molecule has 29 heavy (non-hydrogen) atoms. The molecule has 8 nitrogen and oxygen atoms in total. The molecule has 1 aliphatic rings. The predicted molar refractivity (Wildman–Crippen MR) is 109 cm³/mol. The van der Waals surface area contributed by atoms with Gasteiger partial charge in [-0.2, -0.15) is 4.98 Å². The van der Waals surface area contributed by atoms with Gasteiger partial charge in [0.05, 0.1) is 12.7 Å². The molecular formula is C21H20N4O4. The van der Waals surface area contributed by atoms with Gasteiger partial charge >= 0.3 is 5.97 Å². The van der Waals surface area contributed by atoms with Crippen LogP contribution in [0.15, 0.2) is 48.5 Å². The first-order valence-corrected chi connectivity index (χ1v) is 9.08. The van der Waals surface area contributed by atoms with Crippen LogP contribution in [0.2, 0.25) is 0 Å². The van der Waals surface area contributed by atoms with Crippen molar-refractivity contribution in [2.75, 3.05) is 31.0 Å². The molecule has 0 aliphatic carbocycles. The van der Waals surface area contributed by atoms with Gasteiger partial charge in [-0.3, -0.25) is 0 Å². The molecule has 0 atom stereocenters. The minimum atomic E-state index is -0.395. The zero-order chi connectivity index (χ0) is 20.2. The summed E-state index contributed by atoms with van der Waals surface area (Å²) in [7, 11) is 1.35. The van der Waals surface area contributed by atoms with Gasteiger partial charge in [0.15, 0.2) is 11.5 Å². The number of nitrogens with one attached hydrogen (secondary N) is 2. The Bertz CT molecular complexity index is 1050. The van der Waals surface area contributed by atoms with Crippen LogP contribution in [0.1, 0.15) is 16.1 Å². The molecule has 0 spiro atoms. The summed E-state index contributed by atoms with van der Waals surface area (Å²) in [5.74, 6) is 2.05. The van der Waals surface area contributed by atoms with Gasteiger partial charge in [0.2, 0.25) is 5.95 Å². The summed E-state index contributed by atoms with van der Waals surface area (Å²) in [6.07, 6.45) is 0. The number of anilines is 4. The first-order chi connectivity index (χ1) is 14.1. The van der Waals surface area contributed by atoms with E-state index in [0.717, 1.165) is 22.8 Å². The van der Waals surface area contributed by atoms with Crippen molar-refractivity contribution in [3.63, 3.8) is 0 Å². The molecule has 4 rings (SSSR count). The maximum Gasteiger partial charge on any atom is 0.337 e. The summed E-state index contributed by atoms with van der Waals surface area (Å²) >= 11 is 0. The number of carbonyl (C=O) groups excluding carboxylic acids is 1. The topological polar surface area (TPSA) is 94.6 Å². The lowest BCUT2D eigenvalue weighted by atomic mass is 10.2. The molecule has 1 aliphatic heterocycles. The molecule has 0 bridgehead atoms. The van der Waals surface area contributed by atoms with Gasteiger partial charge in [-0.05, 0) is 37.3 Å². The Morgan fingerprint density at radius 3 is 2.59 bits per heavy atom. The molecule has 8 heteroatoms. The summed E-state index contributed by atoms with van der Waals surface area (Å²) in [6, 6.07) is 14.4. The van der Waals surface area contributed by atoms with E-state index >= 15 is 0 Å². The number of aryl methyl sites for hydroxylation is 1. The highest BCUT2D eigenvalue weighted by atomic mass is 16.6. The molecule has 0 fully saturated rings. The van der Waals surface area contributed by atoms with E-state index in [-0.39, 0.29) is 0 Å². The summed E-state index contributed by atoms with van der Waals surface area (Å²) < 4.78 is 15.9. The van der Waals surface area contributed by atoms with Crippen LogP contribution in [0.25, 0.3) is 0 Å². The molecule has 0 saturated carbocycles. The second kappa shape index (κ2) is 8.05. The van der Waals surface area contributed by atoms with Crippen molar-refractivity contribution < 1.29 is 19.0 Å². The molecule has 0 radical (unpaired) electrons. The van der Waals surface area contributed by atoms with Crippen molar-refractivity contribution in [2.24, 2.45) is 0 Å². The third-order valence-corrected chi connectivity index (χ3v) is 4.21. The Balaban J connectivity index is 1.54. The number of benzene rings is 2. The predicted octanol–water partition coefficient (Wildman–Crippen LogP) is 3.83. The lowest BCUT2D eigenvalue weighted by molar-refractivity contribution is 0.0601. The standard InChI is InChI=1S/C21H20N4O4/c1-13-10-19(23-15-5-3-4-14(11-15)20(26)27-2)25-21(22-13)24-16-6-7-17-18(12-16)29-9-8-28-17/h3-7,10-12H,8-9H2,1-2H3,(H2,22,23,24,25). The first kappa shape index (κ1) is 18.5. The van der Waals surface area contributed by atoms with E-state index in [9.17, 15) is 4.79 Å². The van der Waals surface area contributed by atoms with Crippen LogP contribution < -0.4 is 20.1 Å². The van der Waals surface area contributed by atoms with Crippen LogP contribution in [0, 0.1) is 6.92 Å². The average Bonchev–Trinajstić information content (AvgIpc) is 2.73. The summed E-state index contributed by atoms with van der Waals surface area (Å²) in [5, 5.41) is 6.38. The maximum atomic E-state index is 11.7. The van der Waals surface area contributed by atoms with E-state index < -0.39 is 5.97 Å². The van der Waals surface area contributed by atoms with Crippen LogP contribution in [0.4, 0.5) is 23.1 Å². The average molecular weight is 392 g/mol. The number of rotatable bonds is 5. The fourth-order valence-corrected chi connectivity index (χ4v) is 2.93. The van der Waals surface area contributed by atoms with Crippen molar-refractivity contribution in [3.8, 4) is 11.5 Å². The second-order valence-electron chi connectivity index (χ2n) is 6.40. The monoisotopic (exact) mass is 392 g/mol. The summed E-state index contributed by atoms with van der Waals surface area (Å²) in [5.41, 5.74) is 2.75. The van der Waals surface area contributed by atoms with Crippen molar-refractivity contribution >= 4 is 29.1 Å². The lowest BCUT2D eigenvalue weighted by Gasteiger charge is -2.19. The zero-order valence-corrected chi connectivity index (χ0v) is 16.1. The van der Waals surface area contributed by atoms with Gasteiger partial charge < -0.3 is 24.8 Å². The largest absolute Gasteiger partial charge is 0.486 e. The minimum Gasteiger partial charge on any atom is -0.486 e. The third kappa shape index (κ3) is 4.37. The highest BCUT2D eigenvalue weighted by Gasteiger charge is 2.13. The molecule has 2 N–H and O–H groups in total. The number of ether oxygens (including phenoxy) is 3. The van der Waals surface area contributed by atoms with Crippen molar-refractivity contribution in [2.45, 2.75) is 6.92 Å². The van der Waals surface area contributed by atoms with Crippen molar-refractivity contribution in [3.05, 3.63) is 59.8 Å². The molecule has 2 aromatic carbocycles. The molecule has 3 aromatic rings. The smallest absolute Gasteiger partial charge is 0.337 e. The molecule has 1 aromatic heterocycles. The van der Waals surface area contributed by atoms with Crippen molar-refractivity contribution in [1.29, 1.82) is 0 Å². The van der Waals surface area contributed by atoms with Gasteiger partial charge in [-0.25, -0.2) is 9.78 Å². The lowest BCUT2D eigenvalue weighted by Crippen LogP contribution is -2.15. The van der Waals surface area contributed by atoms with Gasteiger partial charge in [-0.15, -0.1) is 0 Å². The normalized spacial score (nSPS) is 12.2. The Labute approximate surface area is 167 Å². The number of hydrogen-bond acceptors (Lipinski definition) is 8. The fourth-order valence-electron chi connectivity index (χ4n) is 2.93. The van der Waals surface area contributed by atoms with Crippen LogP contribution in [-0.4, -0.2) is 36.3 Å². The Morgan fingerprint density at radius 2 is 1.76 bits per heavy atom. The third-order valence-electron chi connectivity index (χ3n) is 4.21. The first-order valence-electron chi connectivity index (χ1n) is 9.08. The van der Waals surface area contributed by atoms with E-state index in [1.54, 1.807) is 18.2 Å². The highest BCUT2D eigenvalue weighted by Crippen LogP contribution is 2.33. The maximum absolute atomic E-state index is 11.7. The minimum absolute atomic E-state index is 0.395. The Kier molecular flexibility index (Phi) is 5.15. The SMILES string of the molecule is COC(=O)c1cccc(Nc2cc(C)nc(Nc3ccc4c(c3)OCCO4)n2)c1. The quantitative estimate of drug-likeness (QED) is 0.633. The number of nitrogens with zero attached hydrogens (tertiary/aromatic N) is 2. The van der Waals surface area contributed by atoms with E-state index in [2.05, 4.69) is 20.6 Å². The molecule has 0 amide bonds. The number of hydrogen-bond donors (Lipinski definition) is 2. The number of fused-ring (bicyclic) bond motifs is 1. The molecule has 0 saturated heterocycles. The van der Waals surface area contributed by atoms with E-state index in [1.165, 1.54) is 7.11 Å². The highest BCUT2D eigenvalue weighted by molar-refractivity contribution is 5.90. The molecular weight excluding hydrogens is 372 g/mol. The van der Waals surface area contributed by atoms with Crippen LogP contribution in [-0.2, 0) is 4.74 Å². The van der Waals surface area contributed by atoms with Gasteiger partial charge in [-0.1, -0.05) is 6.07 Å². The Morgan fingerprint density at radius 1 is 0.966 bits per heavy atom.